The summed E-state index contributed by atoms with van der Waals surface area (Å²) in [7, 11) is 0. The molecule has 3 rings (SSSR count). The molecule has 104 valence electrons. The summed E-state index contributed by atoms with van der Waals surface area (Å²) in [5, 5.41) is 2.09. The molecule has 4 heteroatoms. The third-order valence-corrected chi connectivity index (χ3v) is 5.12. The predicted octanol–water partition coefficient (Wildman–Crippen LogP) is 3.24. The Kier molecular flexibility index (Phi) is 4.45. The molecular weight excluding hydrogens is 284 g/mol. The maximum atomic E-state index is 5.58. The lowest BCUT2D eigenvalue weighted by Gasteiger charge is -2.36. The minimum atomic E-state index is 1.01. The van der Waals surface area contributed by atoms with Crippen LogP contribution in [0.3, 0.4) is 0 Å². The summed E-state index contributed by atoms with van der Waals surface area (Å²) in [5.41, 5.74) is 1.39. The van der Waals surface area contributed by atoms with Crippen LogP contribution in [0, 0.1) is 0 Å². The first-order chi connectivity index (χ1) is 9.83. The van der Waals surface area contributed by atoms with Crippen LogP contribution in [-0.2, 0) is 6.54 Å². The Morgan fingerprint density at radius 3 is 2.40 bits per heavy atom. The van der Waals surface area contributed by atoms with Gasteiger partial charge in [-0.05, 0) is 17.0 Å². The number of hydrogen-bond acceptors (Lipinski definition) is 3. The monoisotopic (exact) mass is 302 g/mol. The summed E-state index contributed by atoms with van der Waals surface area (Å²) in [6.45, 7) is 5.27. The second kappa shape index (κ2) is 6.48. The van der Waals surface area contributed by atoms with Gasteiger partial charge in [-0.2, -0.15) is 0 Å². The van der Waals surface area contributed by atoms with E-state index < -0.39 is 0 Å². The Hall–Kier alpha value is -1.23. The molecule has 1 fully saturated rings. The predicted molar refractivity (Wildman–Crippen MR) is 89.3 cm³/mol. The van der Waals surface area contributed by atoms with Crippen molar-refractivity contribution >= 4 is 28.5 Å². The minimum Gasteiger partial charge on any atom is -0.359 e. The fraction of sp³-hybridized carbons (Fsp3) is 0.312. The molecule has 1 aromatic heterocycles. The molecule has 2 aromatic rings. The summed E-state index contributed by atoms with van der Waals surface area (Å²) in [6, 6.07) is 14.9. The van der Waals surface area contributed by atoms with Crippen molar-refractivity contribution in [2.24, 2.45) is 0 Å². The summed E-state index contributed by atoms with van der Waals surface area (Å²) >= 11 is 7.31. The Morgan fingerprint density at radius 1 is 1.00 bits per heavy atom. The van der Waals surface area contributed by atoms with E-state index in [-0.39, 0.29) is 0 Å². The van der Waals surface area contributed by atoms with Crippen LogP contribution in [0.4, 0.5) is 0 Å². The average Bonchev–Trinajstić information content (AvgIpc) is 3.03. The van der Waals surface area contributed by atoms with Crippen LogP contribution in [0.5, 0.6) is 0 Å². The van der Waals surface area contributed by atoms with Crippen molar-refractivity contribution in [1.29, 1.82) is 0 Å². The van der Waals surface area contributed by atoms with Crippen LogP contribution in [0.25, 0.3) is 0 Å². The van der Waals surface area contributed by atoms with Crippen molar-refractivity contribution in [2.75, 3.05) is 26.2 Å². The van der Waals surface area contributed by atoms with Crippen LogP contribution < -0.4 is 0 Å². The summed E-state index contributed by atoms with van der Waals surface area (Å²) in [5.74, 6) is 0. The smallest absolute Gasteiger partial charge is 0.119 e. The molecule has 1 saturated heterocycles. The van der Waals surface area contributed by atoms with Crippen molar-refractivity contribution in [3.8, 4) is 0 Å². The number of hydrogen-bond donors (Lipinski definition) is 0. The van der Waals surface area contributed by atoms with E-state index in [0.29, 0.717) is 0 Å². The molecule has 0 radical (unpaired) electrons. The van der Waals surface area contributed by atoms with E-state index in [1.807, 2.05) is 0 Å². The molecule has 1 aromatic carbocycles. The number of benzene rings is 1. The first-order valence-corrected chi connectivity index (χ1v) is 8.21. The maximum absolute atomic E-state index is 5.58. The summed E-state index contributed by atoms with van der Waals surface area (Å²) in [6.07, 6.45) is 0. The first-order valence-electron chi connectivity index (χ1n) is 6.92. The van der Waals surface area contributed by atoms with E-state index in [1.54, 1.807) is 11.3 Å². The minimum absolute atomic E-state index is 1.01. The normalized spacial score (nSPS) is 16.3. The maximum Gasteiger partial charge on any atom is 0.119 e. The van der Waals surface area contributed by atoms with Gasteiger partial charge in [-0.3, -0.25) is 4.90 Å². The van der Waals surface area contributed by atoms with Gasteiger partial charge in [-0.1, -0.05) is 48.6 Å². The Balaban J connectivity index is 1.53. The fourth-order valence-electron chi connectivity index (χ4n) is 2.51. The highest BCUT2D eigenvalue weighted by atomic mass is 32.1. The topological polar surface area (TPSA) is 6.48 Å². The highest BCUT2D eigenvalue weighted by Gasteiger charge is 2.19. The number of piperazine rings is 1. The Morgan fingerprint density at radius 2 is 1.75 bits per heavy atom. The zero-order valence-corrected chi connectivity index (χ0v) is 13.0. The average molecular weight is 302 g/mol. The van der Waals surface area contributed by atoms with Gasteiger partial charge in [0.15, 0.2) is 0 Å². The molecule has 0 atom stereocenters. The van der Waals surface area contributed by atoms with E-state index in [4.69, 9.17) is 12.2 Å². The number of nitrogens with zero attached hydrogens (tertiary/aromatic N) is 2. The van der Waals surface area contributed by atoms with E-state index in [9.17, 15) is 0 Å². The van der Waals surface area contributed by atoms with Crippen LogP contribution in [0.15, 0.2) is 47.8 Å². The molecule has 2 nitrogen and oxygen atoms in total. The first kappa shape index (κ1) is 13.7. The van der Waals surface area contributed by atoms with Crippen LogP contribution in [0.2, 0.25) is 0 Å². The van der Waals surface area contributed by atoms with Crippen molar-refractivity contribution in [1.82, 2.24) is 9.80 Å². The van der Waals surface area contributed by atoms with Crippen molar-refractivity contribution in [3.63, 3.8) is 0 Å². The van der Waals surface area contributed by atoms with E-state index in [2.05, 4.69) is 57.6 Å². The van der Waals surface area contributed by atoms with Gasteiger partial charge in [0.25, 0.3) is 0 Å². The third-order valence-electron chi connectivity index (χ3n) is 3.64. The van der Waals surface area contributed by atoms with Crippen molar-refractivity contribution < 1.29 is 0 Å². The van der Waals surface area contributed by atoms with Crippen LogP contribution in [0.1, 0.15) is 10.4 Å². The van der Waals surface area contributed by atoms with Gasteiger partial charge in [0, 0.05) is 32.7 Å². The van der Waals surface area contributed by atoms with Gasteiger partial charge in [0.2, 0.25) is 0 Å². The highest BCUT2D eigenvalue weighted by Crippen LogP contribution is 2.16. The van der Waals surface area contributed by atoms with Gasteiger partial charge in [0.05, 0.1) is 4.88 Å². The van der Waals surface area contributed by atoms with E-state index in [1.165, 1.54) is 10.4 Å². The SMILES string of the molecule is S=C(c1cccs1)N1CCN(Cc2ccccc2)CC1. The van der Waals surface area contributed by atoms with Crippen LogP contribution in [-0.4, -0.2) is 41.0 Å². The number of rotatable bonds is 3. The molecule has 1 aliphatic rings. The van der Waals surface area contributed by atoms with Gasteiger partial charge in [-0.25, -0.2) is 0 Å². The molecule has 0 N–H and O–H groups in total. The summed E-state index contributed by atoms with van der Waals surface area (Å²) < 4.78 is 0. The Labute approximate surface area is 129 Å². The summed E-state index contributed by atoms with van der Waals surface area (Å²) in [4.78, 5) is 7.07. The largest absolute Gasteiger partial charge is 0.359 e. The molecule has 1 aliphatic heterocycles. The molecule has 0 spiro atoms. The third kappa shape index (κ3) is 3.26. The van der Waals surface area contributed by atoms with Crippen molar-refractivity contribution in [2.45, 2.75) is 6.54 Å². The fourth-order valence-corrected chi connectivity index (χ4v) is 3.59. The molecule has 0 saturated carbocycles. The lowest BCUT2D eigenvalue weighted by molar-refractivity contribution is 0.177. The second-order valence-corrected chi connectivity index (χ2v) is 6.37. The van der Waals surface area contributed by atoms with Crippen molar-refractivity contribution in [3.05, 3.63) is 58.3 Å². The standard InChI is InChI=1S/C16H18N2S2/c19-16(15-7-4-12-20-15)18-10-8-17(9-11-18)13-14-5-2-1-3-6-14/h1-7,12H,8-11,13H2. The zero-order valence-electron chi connectivity index (χ0n) is 11.4. The zero-order chi connectivity index (χ0) is 13.8. The van der Waals surface area contributed by atoms with Crippen LogP contribution >= 0.6 is 23.6 Å². The quantitative estimate of drug-likeness (QED) is 0.804. The molecule has 2 heterocycles. The number of thiophene rings is 1. The van der Waals surface area contributed by atoms with E-state index >= 15 is 0 Å². The highest BCUT2D eigenvalue weighted by molar-refractivity contribution is 7.81. The molecule has 20 heavy (non-hydrogen) atoms. The molecule has 0 amide bonds. The second-order valence-electron chi connectivity index (χ2n) is 5.03. The van der Waals surface area contributed by atoms with E-state index in [0.717, 1.165) is 37.7 Å². The van der Waals surface area contributed by atoms with Gasteiger partial charge < -0.3 is 4.90 Å². The lowest BCUT2D eigenvalue weighted by Crippen LogP contribution is -2.47. The molecule has 0 bridgehead atoms. The molecule has 0 aliphatic carbocycles. The number of thiocarbonyl (C=S) groups is 1. The molecular formula is C16H18N2S2. The van der Waals surface area contributed by atoms with Gasteiger partial charge in [0.1, 0.15) is 4.99 Å². The Bertz CT molecular complexity index is 543. The van der Waals surface area contributed by atoms with Gasteiger partial charge >= 0.3 is 0 Å². The van der Waals surface area contributed by atoms with Gasteiger partial charge in [-0.15, -0.1) is 11.3 Å². The molecule has 0 unspecified atom stereocenters. The lowest BCUT2D eigenvalue weighted by atomic mass is 10.2.